The lowest BCUT2D eigenvalue weighted by Crippen LogP contribution is -2.51. The lowest BCUT2D eigenvalue weighted by Gasteiger charge is -2.38. The molecular weight excluding hydrogens is 294 g/mol. The van der Waals surface area contributed by atoms with E-state index < -0.39 is 18.0 Å². The van der Waals surface area contributed by atoms with E-state index in [-0.39, 0.29) is 18.5 Å². The second kappa shape index (κ2) is 7.49. The average molecular weight is 319 g/mol. The molecule has 5 nitrogen and oxygen atoms in total. The van der Waals surface area contributed by atoms with Crippen LogP contribution in [0.2, 0.25) is 0 Å². The van der Waals surface area contributed by atoms with E-state index in [1.54, 1.807) is 4.90 Å². The number of aliphatic carboxylic acids is 1. The summed E-state index contributed by atoms with van der Waals surface area (Å²) in [5, 5.41) is 9.22. The molecule has 0 aromatic heterocycles. The van der Waals surface area contributed by atoms with E-state index >= 15 is 0 Å². The number of rotatable bonds is 5. The van der Waals surface area contributed by atoms with Crippen LogP contribution < -0.4 is 4.74 Å². The molecule has 1 aliphatic rings. The van der Waals surface area contributed by atoms with Crippen molar-refractivity contribution in [2.45, 2.75) is 52.2 Å². The second-order valence-corrected chi connectivity index (χ2v) is 6.28. The minimum Gasteiger partial charge on any atom is -0.481 e. The van der Waals surface area contributed by atoms with Crippen molar-refractivity contribution in [1.82, 2.24) is 4.90 Å². The standard InChI is InChI=1S/C18H25NO4/c1-4-16(23-15-7-5-6-12(2)10-15)17(20)19-11-14(18(21)22)9-8-13(19)3/h5-7,10,13-14,16H,4,8-9,11H2,1-3H3,(H,21,22). The van der Waals surface area contributed by atoms with Gasteiger partial charge in [0, 0.05) is 12.6 Å². The van der Waals surface area contributed by atoms with Crippen LogP contribution in [0.1, 0.15) is 38.7 Å². The Hall–Kier alpha value is -2.04. The largest absolute Gasteiger partial charge is 0.481 e. The molecule has 1 amide bonds. The fourth-order valence-corrected chi connectivity index (χ4v) is 2.96. The zero-order valence-electron chi connectivity index (χ0n) is 14.0. The number of carboxylic acids is 1. The molecule has 126 valence electrons. The van der Waals surface area contributed by atoms with Crippen molar-refractivity contribution in [2.75, 3.05) is 6.54 Å². The van der Waals surface area contributed by atoms with Crippen molar-refractivity contribution in [3.05, 3.63) is 29.8 Å². The van der Waals surface area contributed by atoms with Crippen LogP contribution in [0, 0.1) is 12.8 Å². The first-order valence-corrected chi connectivity index (χ1v) is 8.19. The van der Waals surface area contributed by atoms with E-state index in [2.05, 4.69) is 0 Å². The highest BCUT2D eigenvalue weighted by Crippen LogP contribution is 2.24. The molecule has 1 saturated heterocycles. The molecule has 3 atom stereocenters. The number of amides is 1. The van der Waals surface area contributed by atoms with Gasteiger partial charge in [0.05, 0.1) is 5.92 Å². The molecule has 0 spiro atoms. The molecule has 1 aliphatic heterocycles. The molecule has 1 aromatic rings. The van der Waals surface area contributed by atoms with Crippen molar-refractivity contribution >= 4 is 11.9 Å². The first kappa shape index (κ1) is 17.3. The SMILES string of the molecule is CCC(Oc1cccc(C)c1)C(=O)N1CC(C(=O)O)CCC1C. The molecule has 2 rings (SSSR count). The molecule has 0 bridgehead atoms. The number of ether oxygens (including phenoxy) is 1. The van der Waals surface area contributed by atoms with Gasteiger partial charge in [-0.1, -0.05) is 19.1 Å². The lowest BCUT2D eigenvalue weighted by molar-refractivity contribution is -0.150. The maximum Gasteiger partial charge on any atom is 0.308 e. The van der Waals surface area contributed by atoms with Gasteiger partial charge in [-0.2, -0.15) is 0 Å². The van der Waals surface area contributed by atoms with Crippen molar-refractivity contribution in [2.24, 2.45) is 5.92 Å². The molecule has 3 unspecified atom stereocenters. The predicted molar refractivity (Wildman–Crippen MR) is 87.4 cm³/mol. The first-order valence-electron chi connectivity index (χ1n) is 8.19. The number of benzene rings is 1. The van der Waals surface area contributed by atoms with Gasteiger partial charge in [-0.05, 0) is 50.8 Å². The summed E-state index contributed by atoms with van der Waals surface area (Å²) in [6.45, 7) is 6.11. The number of nitrogens with zero attached hydrogens (tertiary/aromatic N) is 1. The molecule has 1 fully saturated rings. The molecule has 1 heterocycles. The molecule has 0 aliphatic carbocycles. The van der Waals surface area contributed by atoms with Crippen LogP contribution in [-0.4, -0.2) is 40.6 Å². The topological polar surface area (TPSA) is 66.8 Å². The third kappa shape index (κ3) is 4.24. The van der Waals surface area contributed by atoms with E-state index in [9.17, 15) is 14.7 Å². The second-order valence-electron chi connectivity index (χ2n) is 6.28. The van der Waals surface area contributed by atoms with Gasteiger partial charge in [0.15, 0.2) is 6.10 Å². The van der Waals surface area contributed by atoms with Gasteiger partial charge in [-0.3, -0.25) is 9.59 Å². The van der Waals surface area contributed by atoms with E-state index in [1.165, 1.54) is 0 Å². The van der Waals surface area contributed by atoms with Crippen LogP contribution in [0.25, 0.3) is 0 Å². The van der Waals surface area contributed by atoms with Crippen LogP contribution in [0.4, 0.5) is 0 Å². The molecule has 5 heteroatoms. The van der Waals surface area contributed by atoms with E-state index in [4.69, 9.17) is 4.74 Å². The summed E-state index contributed by atoms with van der Waals surface area (Å²) >= 11 is 0. The van der Waals surface area contributed by atoms with E-state index in [0.29, 0.717) is 25.0 Å². The Balaban J connectivity index is 2.10. The highest BCUT2D eigenvalue weighted by atomic mass is 16.5. The van der Waals surface area contributed by atoms with Crippen LogP contribution in [0.3, 0.4) is 0 Å². The van der Waals surface area contributed by atoms with Crippen LogP contribution >= 0.6 is 0 Å². The molecule has 1 N–H and O–H groups in total. The van der Waals surface area contributed by atoms with Gasteiger partial charge >= 0.3 is 5.97 Å². The fraction of sp³-hybridized carbons (Fsp3) is 0.556. The Labute approximate surface area is 137 Å². The summed E-state index contributed by atoms with van der Waals surface area (Å²) in [6, 6.07) is 7.65. The maximum absolute atomic E-state index is 12.8. The lowest BCUT2D eigenvalue weighted by atomic mass is 9.93. The van der Waals surface area contributed by atoms with Gasteiger partial charge in [-0.15, -0.1) is 0 Å². The number of piperidine rings is 1. The highest BCUT2D eigenvalue weighted by molar-refractivity contribution is 5.82. The quantitative estimate of drug-likeness (QED) is 0.906. The van der Waals surface area contributed by atoms with Crippen LogP contribution in [0.15, 0.2) is 24.3 Å². The number of likely N-dealkylation sites (tertiary alicyclic amines) is 1. The maximum atomic E-state index is 12.8. The van der Waals surface area contributed by atoms with Gasteiger partial charge in [0.1, 0.15) is 5.75 Å². The summed E-state index contributed by atoms with van der Waals surface area (Å²) in [4.78, 5) is 25.7. The molecule has 0 radical (unpaired) electrons. The summed E-state index contributed by atoms with van der Waals surface area (Å²) in [5.74, 6) is -0.758. The third-order valence-electron chi connectivity index (χ3n) is 4.43. The number of carbonyl (C=O) groups excluding carboxylic acids is 1. The molecule has 23 heavy (non-hydrogen) atoms. The molecule has 0 saturated carbocycles. The third-order valence-corrected chi connectivity index (χ3v) is 4.43. The smallest absolute Gasteiger partial charge is 0.308 e. The Morgan fingerprint density at radius 3 is 2.74 bits per heavy atom. The minimum absolute atomic E-state index is 0.0493. The molecular formula is C18H25NO4. The average Bonchev–Trinajstić information content (AvgIpc) is 2.52. The first-order chi connectivity index (χ1) is 10.9. The van der Waals surface area contributed by atoms with Crippen LogP contribution in [-0.2, 0) is 9.59 Å². The summed E-state index contributed by atoms with van der Waals surface area (Å²) in [5.41, 5.74) is 1.07. The monoisotopic (exact) mass is 319 g/mol. The zero-order valence-corrected chi connectivity index (χ0v) is 14.0. The Bertz CT molecular complexity index is 572. The van der Waals surface area contributed by atoms with Crippen molar-refractivity contribution in [3.8, 4) is 5.75 Å². The van der Waals surface area contributed by atoms with Crippen molar-refractivity contribution in [3.63, 3.8) is 0 Å². The van der Waals surface area contributed by atoms with Crippen LogP contribution in [0.5, 0.6) is 5.75 Å². The number of hydrogen-bond donors (Lipinski definition) is 1. The zero-order chi connectivity index (χ0) is 17.0. The summed E-state index contributed by atoms with van der Waals surface area (Å²) in [7, 11) is 0. The summed E-state index contributed by atoms with van der Waals surface area (Å²) in [6.07, 6.45) is 1.31. The van der Waals surface area contributed by atoms with E-state index in [0.717, 1.165) is 5.56 Å². The minimum atomic E-state index is -0.831. The van der Waals surface area contributed by atoms with Crippen molar-refractivity contribution in [1.29, 1.82) is 0 Å². The Morgan fingerprint density at radius 1 is 1.39 bits per heavy atom. The number of hydrogen-bond acceptors (Lipinski definition) is 3. The number of aryl methyl sites for hydroxylation is 1. The van der Waals surface area contributed by atoms with Gasteiger partial charge < -0.3 is 14.7 Å². The fourth-order valence-electron chi connectivity index (χ4n) is 2.96. The van der Waals surface area contributed by atoms with Gasteiger partial charge in [0.25, 0.3) is 5.91 Å². The highest BCUT2D eigenvalue weighted by Gasteiger charge is 2.35. The molecule has 1 aromatic carbocycles. The number of carboxylic acid groups (broad SMARTS) is 1. The van der Waals surface area contributed by atoms with Gasteiger partial charge in [0.2, 0.25) is 0 Å². The normalized spacial score (nSPS) is 22.5. The number of carbonyl (C=O) groups is 2. The predicted octanol–water partition coefficient (Wildman–Crippen LogP) is 2.86. The Morgan fingerprint density at radius 2 is 2.13 bits per heavy atom. The van der Waals surface area contributed by atoms with Gasteiger partial charge in [-0.25, -0.2) is 0 Å². The van der Waals surface area contributed by atoms with E-state index in [1.807, 2.05) is 45.0 Å². The van der Waals surface area contributed by atoms with Crippen molar-refractivity contribution < 1.29 is 19.4 Å². The Kier molecular flexibility index (Phi) is 5.64. The summed E-state index contributed by atoms with van der Waals surface area (Å²) < 4.78 is 5.86.